The number of non-ortho nitro benzene ring substituents is 1. The third kappa shape index (κ3) is 2.90. The number of benzene rings is 1. The highest BCUT2D eigenvalue weighted by molar-refractivity contribution is 5.59. The fourth-order valence-corrected chi connectivity index (χ4v) is 1.71. The maximum atomic E-state index is 10.6. The first kappa shape index (κ1) is 13.9. The lowest BCUT2D eigenvalue weighted by molar-refractivity contribution is -0.384. The quantitative estimate of drug-likeness (QED) is 0.669. The average Bonchev–Trinajstić information content (AvgIpc) is 2.37. The van der Waals surface area contributed by atoms with E-state index in [4.69, 9.17) is 5.73 Å². The van der Waals surface area contributed by atoms with E-state index in [1.54, 1.807) is 18.2 Å². The molecule has 6 heteroatoms. The Bertz CT molecular complexity index is 645. The third-order valence-electron chi connectivity index (χ3n) is 2.85. The highest BCUT2D eigenvalue weighted by Gasteiger charge is 2.18. The molecular formula is C14H16N4O2. The largest absolute Gasteiger partial charge is 0.384 e. The second-order valence-corrected chi connectivity index (χ2v) is 5.56. The first-order valence-corrected chi connectivity index (χ1v) is 6.17. The first-order valence-electron chi connectivity index (χ1n) is 6.17. The summed E-state index contributed by atoms with van der Waals surface area (Å²) in [6.07, 6.45) is 0. The fraction of sp³-hybridized carbons (Fsp3) is 0.286. The number of rotatable bonds is 2. The Balaban J connectivity index is 2.47. The number of nitro benzene ring substituents is 1. The highest BCUT2D eigenvalue weighted by atomic mass is 16.6. The Morgan fingerprint density at radius 3 is 2.25 bits per heavy atom. The van der Waals surface area contributed by atoms with Gasteiger partial charge < -0.3 is 5.73 Å². The van der Waals surface area contributed by atoms with E-state index in [0.29, 0.717) is 17.2 Å². The van der Waals surface area contributed by atoms with Gasteiger partial charge in [0, 0.05) is 29.2 Å². The van der Waals surface area contributed by atoms with Crippen LogP contribution in [-0.2, 0) is 5.41 Å². The molecule has 0 saturated carbocycles. The van der Waals surface area contributed by atoms with Crippen LogP contribution in [0.1, 0.15) is 26.5 Å². The third-order valence-corrected chi connectivity index (χ3v) is 2.85. The van der Waals surface area contributed by atoms with E-state index in [-0.39, 0.29) is 11.1 Å². The summed E-state index contributed by atoms with van der Waals surface area (Å²) in [6, 6.07) is 7.85. The Kier molecular flexibility index (Phi) is 3.40. The lowest BCUT2D eigenvalue weighted by Crippen LogP contribution is -2.15. The van der Waals surface area contributed by atoms with Gasteiger partial charge in [0.15, 0.2) is 5.82 Å². The molecule has 0 saturated heterocycles. The zero-order valence-electron chi connectivity index (χ0n) is 11.6. The molecule has 0 fully saturated rings. The van der Waals surface area contributed by atoms with Crippen molar-refractivity contribution in [1.82, 2.24) is 9.97 Å². The molecule has 0 amide bonds. The van der Waals surface area contributed by atoms with Gasteiger partial charge in [0.05, 0.1) is 10.6 Å². The van der Waals surface area contributed by atoms with Crippen LogP contribution in [0.2, 0.25) is 0 Å². The first-order chi connectivity index (χ1) is 9.27. The van der Waals surface area contributed by atoms with Crippen molar-refractivity contribution in [1.29, 1.82) is 0 Å². The van der Waals surface area contributed by atoms with Crippen molar-refractivity contribution in [3.63, 3.8) is 0 Å². The smallest absolute Gasteiger partial charge is 0.269 e. The minimum Gasteiger partial charge on any atom is -0.384 e. The summed E-state index contributed by atoms with van der Waals surface area (Å²) in [5, 5.41) is 10.6. The summed E-state index contributed by atoms with van der Waals surface area (Å²) in [4.78, 5) is 18.9. The number of nitrogen functional groups attached to an aromatic ring is 1. The van der Waals surface area contributed by atoms with Crippen LogP contribution in [0.4, 0.5) is 11.5 Å². The number of nitrogens with zero attached hydrogens (tertiary/aromatic N) is 3. The molecule has 2 rings (SSSR count). The standard InChI is InChI=1S/C14H16N4O2/c1-14(2,3)11-8-12(15)17-13(16-11)9-4-6-10(7-5-9)18(19)20/h4-8H,1-3H3,(H2,15,16,17). The fourth-order valence-electron chi connectivity index (χ4n) is 1.71. The van der Waals surface area contributed by atoms with Gasteiger partial charge in [0.25, 0.3) is 5.69 Å². The molecular weight excluding hydrogens is 256 g/mol. The van der Waals surface area contributed by atoms with Crippen LogP contribution in [0.15, 0.2) is 30.3 Å². The average molecular weight is 272 g/mol. The van der Waals surface area contributed by atoms with Gasteiger partial charge in [-0.05, 0) is 12.1 Å². The number of aromatic nitrogens is 2. The molecule has 104 valence electrons. The van der Waals surface area contributed by atoms with Crippen LogP contribution < -0.4 is 5.73 Å². The molecule has 0 bridgehead atoms. The van der Waals surface area contributed by atoms with Crippen molar-refractivity contribution >= 4 is 11.5 Å². The SMILES string of the molecule is CC(C)(C)c1cc(N)nc(-c2ccc([N+](=O)[O-])cc2)n1. The van der Waals surface area contributed by atoms with Gasteiger partial charge >= 0.3 is 0 Å². The second kappa shape index (κ2) is 4.88. The molecule has 2 aromatic rings. The summed E-state index contributed by atoms with van der Waals surface area (Å²) in [5.41, 5.74) is 7.24. The zero-order chi connectivity index (χ0) is 14.9. The Hall–Kier alpha value is -2.50. The van der Waals surface area contributed by atoms with E-state index in [1.807, 2.05) is 20.8 Å². The van der Waals surface area contributed by atoms with Crippen molar-refractivity contribution in [3.8, 4) is 11.4 Å². The van der Waals surface area contributed by atoms with Crippen LogP contribution in [0.25, 0.3) is 11.4 Å². The molecule has 2 N–H and O–H groups in total. The van der Waals surface area contributed by atoms with E-state index >= 15 is 0 Å². The van der Waals surface area contributed by atoms with E-state index in [1.165, 1.54) is 12.1 Å². The minimum atomic E-state index is -0.440. The molecule has 0 unspecified atom stereocenters. The van der Waals surface area contributed by atoms with Crippen LogP contribution in [0.5, 0.6) is 0 Å². The van der Waals surface area contributed by atoms with Crippen LogP contribution >= 0.6 is 0 Å². The molecule has 1 aromatic carbocycles. The molecule has 0 atom stereocenters. The molecule has 1 heterocycles. The van der Waals surface area contributed by atoms with Crippen LogP contribution in [0.3, 0.4) is 0 Å². The molecule has 0 aliphatic heterocycles. The molecule has 0 radical (unpaired) electrons. The predicted molar refractivity (Wildman–Crippen MR) is 77.2 cm³/mol. The van der Waals surface area contributed by atoms with Crippen molar-refractivity contribution < 1.29 is 4.92 Å². The Morgan fingerprint density at radius 2 is 1.75 bits per heavy atom. The van der Waals surface area contributed by atoms with E-state index in [0.717, 1.165) is 5.69 Å². The van der Waals surface area contributed by atoms with Gasteiger partial charge in [-0.2, -0.15) is 0 Å². The van der Waals surface area contributed by atoms with E-state index in [2.05, 4.69) is 9.97 Å². The molecule has 1 aromatic heterocycles. The van der Waals surface area contributed by atoms with E-state index < -0.39 is 4.92 Å². The summed E-state index contributed by atoms with van der Waals surface area (Å²) in [5.74, 6) is 0.864. The topological polar surface area (TPSA) is 94.9 Å². The zero-order valence-corrected chi connectivity index (χ0v) is 11.6. The van der Waals surface area contributed by atoms with Gasteiger partial charge in [-0.1, -0.05) is 20.8 Å². The van der Waals surface area contributed by atoms with Gasteiger partial charge in [-0.3, -0.25) is 10.1 Å². The maximum absolute atomic E-state index is 10.6. The van der Waals surface area contributed by atoms with Gasteiger partial charge in [-0.15, -0.1) is 0 Å². The van der Waals surface area contributed by atoms with Gasteiger partial charge in [0.2, 0.25) is 0 Å². The predicted octanol–water partition coefficient (Wildman–Crippen LogP) is 2.93. The summed E-state index contributed by atoms with van der Waals surface area (Å²) >= 11 is 0. The van der Waals surface area contributed by atoms with Crippen molar-refractivity contribution in [2.75, 3.05) is 5.73 Å². The lowest BCUT2D eigenvalue weighted by atomic mass is 9.92. The maximum Gasteiger partial charge on any atom is 0.269 e. The van der Waals surface area contributed by atoms with Crippen molar-refractivity contribution in [2.24, 2.45) is 0 Å². The summed E-state index contributed by atoms with van der Waals surface area (Å²) < 4.78 is 0. The van der Waals surface area contributed by atoms with E-state index in [9.17, 15) is 10.1 Å². The minimum absolute atomic E-state index is 0.0358. The monoisotopic (exact) mass is 272 g/mol. The molecule has 20 heavy (non-hydrogen) atoms. The van der Waals surface area contributed by atoms with Crippen LogP contribution in [0, 0.1) is 10.1 Å². The Morgan fingerprint density at radius 1 is 1.15 bits per heavy atom. The van der Waals surface area contributed by atoms with Crippen molar-refractivity contribution in [3.05, 3.63) is 46.1 Å². The van der Waals surface area contributed by atoms with Gasteiger partial charge in [-0.25, -0.2) is 9.97 Å². The molecule has 6 nitrogen and oxygen atoms in total. The molecule has 0 aliphatic rings. The lowest BCUT2D eigenvalue weighted by Gasteiger charge is -2.18. The number of anilines is 1. The highest BCUT2D eigenvalue weighted by Crippen LogP contribution is 2.25. The molecule has 0 spiro atoms. The number of hydrogen-bond donors (Lipinski definition) is 1. The normalized spacial score (nSPS) is 11.3. The van der Waals surface area contributed by atoms with Gasteiger partial charge in [0.1, 0.15) is 5.82 Å². The van der Waals surface area contributed by atoms with Crippen LogP contribution in [-0.4, -0.2) is 14.9 Å². The Labute approximate surface area is 116 Å². The second-order valence-electron chi connectivity index (χ2n) is 5.56. The molecule has 0 aliphatic carbocycles. The number of nitrogens with two attached hydrogens (primary N) is 1. The van der Waals surface area contributed by atoms with Crippen molar-refractivity contribution in [2.45, 2.75) is 26.2 Å². The number of nitro groups is 1. The summed E-state index contributed by atoms with van der Waals surface area (Å²) in [7, 11) is 0. The summed E-state index contributed by atoms with van der Waals surface area (Å²) in [6.45, 7) is 6.11. The number of hydrogen-bond acceptors (Lipinski definition) is 5.